The molecule has 0 spiro atoms. The van der Waals surface area contributed by atoms with Gasteiger partial charge in [-0.15, -0.1) is 24.8 Å². The minimum absolute atomic E-state index is 0. The van der Waals surface area contributed by atoms with E-state index < -0.39 is 35.8 Å². The van der Waals surface area contributed by atoms with Crippen LogP contribution in [0, 0.1) is 11.6 Å². The highest BCUT2D eigenvalue weighted by atomic mass is 35.5. The Kier molecular flexibility index (Phi) is 13.6. The minimum atomic E-state index is -0.937. The van der Waals surface area contributed by atoms with Crippen LogP contribution in [0.5, 0.6) is 0 Å². The minimum Gasteiger partial charge on any atom is -0.466 e. The number of aromatic nitrogens is 1. The monoisotopic (exact) mass is 629 g/mol. The predicted octanol–water partition coefficient (Wildman–Crippen LogP) is 4.15. The van der Waals surface area contributed by atoms with Crippen molar-refractivity contribution in [1.82, 2.24) is 25.4 Å². The number of ether oxygens (including phenoxy) is 2. The molecule has 1 unspecified atom stereocenters. The highest BCUT2D eigenvalue weighted by Gasteiger charge is 2.35. The van der Waals surface area contributed by atoms with Crippen LogP contribution in [0.4, 0.5) is 18.4 Å². The lowest BCUT2D eigenvalue weighted by Crippen LogP contribution is -2.58. The van der Waals surface area contributed by atoms with Gasteiger partial charge in [-0.05, 0) is 55.5 Å². The van der Waals surface area contributed by atoms with E-state index in [0.29, 0.717) is 31.5 Å². The average Bonchev–Trinajstić information content (AvgIpc) is 2.97. The van der Waals surface area contributed by atoms with E-state index >= 15 is 0 Å². The number of benzene rings is 1. The van der Waals surface area contributed by atoms with Crippen LogP contribution in [0.2, 0.25) is 0 Å². The van der Waals surface area contributed by atoms with Gasteiger partial charge in [0.1, 0.15) is 0 Å². The first-order valence-corrected chi connectivity index (χ1v) is 13.1. The first-order chi connectivity index (χ1) is 19.3. The number of hydrogen-bond acceptors (Lipinski definition) is 7. The summed E-state index contributed by atoms with van der Waals surface area (Å²) in [5.74, 6) is -2.27. The Morgan fingerprint density at radius 1 is 1.12 bits per heavy atom. The van der Waals surface area contributed by atoms with Gasteiger partial charge in [0.25, 0.3) is 0 Å². The maximum atomic E-state index is 13.8. The smallest absolute Gasteiger partial charge is 0.337 e. The molecule has 0 saturated carbocycles. The maximum Gasteiger partial charge on any atom is 0.337 e. The highest BCUT2D eigenvalue weighted by molar-refractivity contribution is 6.00. The number of piperidine rings is 1. The van der Waals surface area contributed by atoms with Gasteiger partial charge >= 0.3 is 18.0 Å². The van der Waals surface area contributed by atoms with E-state index in [2.05, 4.69) is 20.5 Å². The number of nitrogens with one attached hydrogen (secondary N) is 2. The van der Waals surface area contributed by atoms with Gasteiger partial charge in [0.15, 0.2) is 11.6 Å². The summed E-state index contributed by atoms with van der Waals surface area (Å²) in [6.45, 7) is 0.983. The van der Waals surface area contributed by atoms with Gasteiger partial charge in [-0.1, -0.05) is 12.1 Å². The van der Waals surface area contributed by atoms with Gasteiger partial charge in [0.05, 0.1) is 37.7 Å². The summed E-state index contributed by atoms with van der Waals surface area (Å²) in [5, 5.41) is 5.47. The quantitative estimate of drug-likeness (QED) is 0.401. The number of carbonyl (C=O) groups is 3. The largest absolute Gasteiger partial charge is 0.466 e. The van der Waals surface area contributed by atoms with Crippen LogP contribution in [0.25, 0.3) is 0 Å². The van der Waals surface area contributed by atoms with Crippen LogP contribution in [0.3, 0.4) is 0 Å². The van der Waals surface area contributed by atoms with Crippen molar-refractivity contribution in [3.8, 4) is 0 Å². The van der Waals surface area contributed by atoms with Gasteiger partial charge in [-0.25, -0.2) is 28.1 Å². The first-order valence-electron chi connectivity index (χ1n) is 13.1. The summed E-state index contributed by atoms with van der Waals surface area (Å²) >= 11 is 0. The standard InChI is InChI=1S/C28H33F2N5O5.2ClH/c1-39-17-24-20(26(36)40-2)16-35(27(37)32-24)28(38)33-25(9-7-18-6-8-21(29)22(30)15-18)34-13-10-19(11-14-34)23-5-3-4-12-31-23;;/h3-6,8,12,15,19,25H,7,9-11,13-14,16-17H2,1-2H3,(H,32,37)(H,33,38);2*1H. The molecule has 2 aliphatic heterocycles. The third kappa shape index (κ3) is 8.60. The third-order valence-corrected chi connectivity index (χ3v) is 7.21. The van der Waals surface area contributed by atoms with Crippen molar-refractivity contribution in [3.05, 3.63) is 76.8 Å². The topological polar surface area (TPSA) is 113 Å². The molecule has 1 fully saturated rings. The molecule has 0 bridgehead atoms. The fourth-order valence-electron chi connectivity index (χ4n) is 5.03. The number of rotatable bonds is 9. The number of likely N-dealkylation sites (tertiary alicyclic amines) is 1. The van der Waals surface area contributed by atoms with E-state index in [1.54, 1.807) is 6.20 Å². The number of amides is 4. The van der Waals surface area contributed by atoms with E-state index in [1.165, 1.54) is 20.3 Å². The van der Waals surface area contributed by atoms with E-state index in [4.69, 9.17) is 9.47 Å². The molecule has 14 heteroatoms. The number of nitrogens with zero attached hydrogens (tertiary/aromatic N) is 3. The summed E-state index contributed by atoms with van der Waals surface area (Å²) in [6.07, 6.45) is 3.63. The summed E-state index contributed by atoms with van der Waals surface area (Å²) in [4.78, 5) is 46.0. The Balaban J connectivity index is 0.00000308. The van der Waals surface area contributed by atoms with Crippen LogP contribution in [-0.2, 0) is 20.7 Å². The van der Waals surface area contributed by atoms with Gasteiger partial charge in [-0.2, -0.15) is 0 Å². The zero-order valence-electron chi connectivity index (χ0n) is 23.3. The van der Waals surface area contributed by atoms with E-state index in [1.807, 2.05) is 18.2 Å². The predicted molar refractivity (Wildman–Crippen MR) is 155 cm³/mol. The first kappa shape index (κ1) is 34.9. The molecule has 230 valence electrons. The second-order valence-electron chi connectivity index (χ2n) is 9.72. The fourth-order valence-corrected chi connectivity index (χ4v) is 5.03. The highest BCUT2D eigenvalue weighted by Crippen LogP contribution is 2.28. The zero-order valence-corrected chi connectivity index (χ0v) is 24.9. The summed E-state index contributed by atoms with van der Waals surface area (Å²) in [5.41, 5.74) is 1.93. The van der Waals surface area contributed by atoms with Gasteiger partial charge in [0, 0.05) is 38.0 Å². The lowest BCUT2D eigenvalue weighted by Gasteiger charge is -2.39. The number of urea groups is 2. The maximum absolute atomic E-state index is 13.8. The number of methoxy groups -OCH3 is 2. The zero-order chi connectivity index (χ0) is 28.6. The van der Waals surface area contributed by atoms with Crippen molar-refractivity contribution >= 4 is 42.8 Å². The number of pyridine rings is 1. The van der Waals surface area contributed by atoms with Gasteiger partial charge in [0.2, 0.25) is 0 Å². The number of halogens is 4. The SMILES string of the molecule is COCC1=C(C(=O)OC)CN(C(=O)NC(CCc2ccc(F)c(F)c2)N2CCC(c3ccccn3)CC2)C(=O)N1.Cl.Cl. The number of hydrogen-bond donors (Lipinski definition) is 2. The summed E-state index contributed by atoms with van der Waals surface area (Å²) in [6, 6.07) is 8.16. The Morgan fingerprint density at radius 2 is 1.86 bits per heavy atom. The van der Waals surface area contributed by atoms with Crippen molar-refractivity contribution in [2.24, 2.45) is 0 Å². The Bertz CT molecular complexity index is 1260. The lowest BCUT2D eigenvalue weighted by atomic mass is 9.92. The van der Waals surface area contributed by atoms with Crippen molar-refractivity contribution in [1.29, 1.82) is 0 Å². The molecule has 4 rings (SSSR count). The molecule has 2 N–H and O–H groups in total. The van der Waals surface area contributed by atoms with Gasteiger partial charge in [-0.3, -0.25) is 9.88 Å². The Morgan fingerprint density at radius 3 is 2.48 bits per heavy atom. The molecule has 0 aliphatic carbocycles. The molecule has 3 heterocycles. The molecule has 10 nitrogen and oxygen atoms in total. The number of carbonyl (C=O) groups excluding carboxylic acids is 3. The van der Waals surface area contributed by atoms with Crippen LogP contribution >= 0.6 is 24.8 Å². The molecular formula is C28H35Cl2F2N5O5. The molecule has 4 amide bonds. The van der Waals surface area contributed by atoms with Crippen LogP contribution in [-0.4, -0.2) is 79.4 Å². The number of aryl methyl sites for hydroxylation is 1. The van der Waals surface area contributed by atoms with E-state index in [9.17, 15) is 23.2 Å². The molecule has 1 atom stereocenters. The summed E-state index contributed by atoms with van der Waals surface area (Å²) in [7, 11) is 2.63. The van der Waals surface area contributed by atoms with E-state index in [-0.39, 0.29) is 55.2 Å². The molecule has 42 heavy (non-hydrogen) atoms. The number of esters is 1. The molecular weight excluding hydrogens is 595 g/mol. The van der Waals surface area contributed by atoms with Gasteiger partial charge < -0.3 is 20.1 Å². The Labute approximate surface area is 255 Å². The normalized spacial score (nSPS) is 16.6. The molecule has 2 aliphatic rings. The molecule has 1 aromatic carbocycles. The second kappa shape index (κ2) is 16.4. The van der Waals surface area contributed by atoms with Crippen molar-refractivity contribution in [2.75, 3.05) is 40.5 Å². The lowest BCUT2D eigenvalue weighted by molar-refractivity contribution is -0.136. The van der Waals surface area contributed by atoms with Crippen molar-refractivity contribution in [3.63, 3.8) is 0 Å². The molecule has 1 aromatic heterocycles. The molecule has 0 radical (unpaired) electrons. The molecule has 2 aromatic rings. The Hall–Kier alpha value is -3.32. The van der Waals surface area contributed by atoms with E-state index in [0.717, 1.165) is 35.6 Å². The summed E-state index contributed by atoms with van der Waals surface area (Å²) < 4.78 is 37.1. The van der Waals surface area contributed by atoms with Crippen molar-refractivity contribution in [2.45, 2.75) is 37.8 Å². The van der Waals surface area contributed by atoms with Crippen LogP contribution in [0.1, 0.15) is 36.4 Å². The van der Waals surface area contributed by atoms with Crippen LogP contribution in [0.15, 0.2) is 53.9 Å². The number of imide groups is 1. The average molecular weight is 631 g/mol. The molecule has 1 saturated heterocycles. The van der Waals surface area contributed by atoms with Crippen molar-refractivity contribution < 1.29 is 32.6 Å². The van der Waals surface area contributed by atoms with Crippen LogP contribution < -0.4 is 10.6 Å². The third-order valence-electron chi connectivity index (χ3n) is 7.21. The second-order valence-corrected chi connectivity index (χ2v) is 9.72. The fraction of sp³-hybridized carbons (Fsp3) is 0.429.